The highest BCUT2D eigenvalue weighted by Gasteiger charge is 2.30. The summed E-state index contributed by atoms with van der Waals surface area (Å²) in [6.07, 6.45) is 4.51. The first-order valence-electron chi connectivity index (χ1n) is 8.61. The quantitative estimate of drug-likeness (QED) is 0.720. The Kier molecular flexibility index (Phi) is 4.52. The van der Waals surface area contributed by atoms with Crippen molar-refractivity contribution in [1.82, 2.24) is 0 Å². The SMILES string of the molecule is C[C@H]1CCc2c(ccc(N[C@H]3CCC[C@H](C#N)C3)c2N)N1C(=O)O. The van der Waals surface area contributed by atoms with Gasteiger partial charge in [-0.3, -0.25) is 4.90 Å². The topological polar surface area (TPSA) is 102 Å². The summed E-state index contributed by atoms with van der Waals surface area (Å²) >= 11 is 0. The second-order valence-electron chi connectivity index (χ2n) is 6.90. The smallest absolute Gasteiger partial charge is 0.412 e. The van der Waals surface area contributed by atoms with E-state index in [0.717, 1.165) is 49.8 Å². The first kappa shape index (κ1) is 16.4. The molecule has 1 aliphatic heterocycles. The van der Waals surface area contributed by atoms with E-state index in [2.05, 4.69) is 11.4 Å². The molecule has 2 aliphatic rings. The normalized spacial score (nSPS) is 26.3. The van der Waals surface area contributed by atoms with E-state index < -0.39 is 6.09 Å². The molecule has 1 heterocycles. The van der Waals surface area contributed by atoms with Gasteiger partial charge in [-0.2, -0.15) is 5.26 Å². The summed E-state index contributed by atoms with van der Waals surface area (Å²) in [6.45, 7) is 1.92. The summed E-state index contributed by atoms with van der Waals surface area (Å²) in [4.78, 5) is 13.0. The molecule has 0 spiro atoms. The van der Waals surface area contributed by atoms with Gasteiger partial charge < -0.3 is 16.2 Å². The van der Waals surface area contributed by atoms with E-state index in [1.807, 2.05) is 19.1 Å². The lowest BCUT2D eigenvalue weighted by Gasteiger charge is -2.35. The van der Waals surface area contributed by atoms with Crippen LogP contribution in [0.2, 0.25) is 0 Å². The van der Waals surface area contributed by atoms with Crippen molar-refractivity contribution in [3.63, 3.8) is 0 Å². The maximum Gasteiger partial charge on any atom is 0.412 e. The molecule has 0 saturated heterocycles. The lowest BCUT2D eigenvalue weighted by Crippen LogP contribution is -2.41. The van der Waals surface area contributed by atoms with E-state index in [9.17, 15) is 9.90 Å². The minimum Gasteiger partial charge on any atom is -0.465 e. The number of nitrogens with zero attached hydrogens (tertiary/aromatic N) is 2. The molecule has 1 saturated carbocycles. The number of benzene rings is 1. The van der Waals surface area contributed by atoms with Crippen molar-refractivity contribution >= 4 is 23.2 Å². The van der Waals surface area contributed by atoms with Crippen molar-refractivity contribution in [3.05, 3.63) is 17.7 Å². The Morgan fingerprint density at radius 2 is 2.21 bits per heavy atom. The first-order valence-corrected chi connectivity index (χ1v) is 8.61. The van der Waals surface area contributed by atoms with Gasteiger partial charge in [0.15, 0.2) is 0 Å². The predicted molar refractivity (Wildman–Crippen MR) is 94.1 cm³/mol. The summed E-state index contributed by atoms with van der Waals surface area (Å²) in [7, 11) is 0. The van der Waals surface area contributed by atoms with Gasteiger partial charge in [0.2, 0.25) is 0 Å². The molecular weight excluding hydrogens is 304 g/mol. The van der Waals surface area contributed by atoms with Crippen LogP contribution in [0, 0.1) is 17.2 Å². The Morgan fingerprint density at radius 1 is 1.42 bits per heavy atom. The highest BCUT2D eigenvalue weighted by atomic mass is 16.4. The van der Waals surface area contributed by atoms with E-state index >= 15 is 0 Å². The molecule has 6 nitrogen and oxygen atoms in total. The minimum atomic E-state index is -0.937. The van der Waals surface area contributed by atoms with Crippen molar-refractivity contribution in [2.45, 2.75) is 57.5 Å². The van der Waals surface area contributed by atoms with Crippen LogP contribution in [0.25, 0.3) is 0 Å². The number of nitrogen functional groups attached to an aromatic ring is 1. The van der Waals surface area contributed by atoms with Crippen LogP contribution in [0.15, 0.2) is 12.1 Å². The lowest BCUT2D eigenvalue weighted by atomic mass is 9.86. The van der Waals surface area contributed by atoms with E-state index in [0.29, 0.717) is 11.4 Å². The van der Waals surface area contributed by atoms with Crippen LogP contribution in [0.5, 0.6) is 0 Å². The highest BCUT2D eigenvalue weighted by Crippen LogP contribution is 2.39. The van der Waals surface area contributed by atoms with Crippen molar-refractivity contribution in [2.24, 2.45) is 5.92 Å². The number of nitriles is 1. The Bertz CT molecular complexity index is 682. The number of nitrogens with two attached hydrogens (primary N) is 1. The largest absolute Gasteiger partial charge is 0.465 e. The highest BCUT2D eigenvalue weighted by molar-refractivity contribution is 5.92. The van der Waals surface area contributed by atoms with E-state index in [4.69, 9.17) is 11.0 Å². The molecule has 24 heavy (non-hydrogen) atoms. The van der Waals surface area contributed by atoms with Crippen molar-refractivity contribution in [1.29, 1.82) is 5.26 Å². The average molecular weight is 328 g/mol. The number of carbonyl (C=O) groups is 1. The molecule has 4 N–H and O–H groups in total. The molecule has 3 rings (SSSR count). The predicted octanol–water partition coefficient (Wildman–Crippen LogP) is 3.58. The van der Waals surface area contributed by atoms with Crippen molar-refractivity contribution in [3.8, 4) is 6.07 Å². The zero-order valence-corrected chi connectivity index (χ0v) is 14.0. The number of carboxylic acid groups (broad SMARTS) is 1. The molecule has 1 aliphatic carbocycles. The number of hydrogen-bond acceptors (Lipinski definition) is 4. The molecule has 0 bridgehead atoms. The molecule has 0 unspecified atom stereocenters. The standard InChI is InChI=1S/C18H24N4O2/c1-11-5-6-14-16(22(11)18(23)24)8-7-15(17(14)20)21-13-4-2-3-12(9-13)10-19/h7-8,11-13,21H,2-6,9,20H2,1H3,(H,23,24)/t11-,12-,13-/m0/s1. The summed E-state index contributed by atoms with van der Waals surface area (Å²) < 4.78 is 0. The van der Waals surface area contributed by atoms with E-state index in [-0.39, 0.29) is 18.0 Å². The molecular formula is C18H24N4O2. The van der Waals surface area contributed by atoms with Crippen LogP contribution in [0.4, 0.5) is 21.9 Å². The van der Waals surface area contributed by atoms with E-state index in [1.54, 1.807) is 0 Å². The van der Waals surface area contributed by atoms with Crippen molar-refractivity contribution < 1.29 is 9.90 Å². The number of hydrogen-bond donors (Lipinski definition) is 3. The van der Waals surface area contributed by atoms with Gasteiger partial charge in [0.25, 0.3) is 0 Å². The fraction of sp³-hybridized carbons (Fsp3) is 0.556. The number of nitrogens with one attached hydrogen (secondary N) is 1. The zero-order valence-electron chi connectivity index (χ0n) is 14.0. The number of fused-ring (bicyclic) bond motifs is 1. The third kappa shape index (κ3) is 2.99. The van der Waals surface area contributed by atoms with Crippen LogP contribution in [-0.2, 0) is 6.42 Å². The van der Waals surface area contributed by atoms with Gasteiger partial charge in [0, 0.05) is 23.6 Å². The van der Waals surface area contributed by atoms with Crippen LogP contribution < -0.4 is 16.0 Å². The maximum atomic E-state index is 11.5. The fourth-order valence-electron chi connectivity index (χ4n) is 3.94. The summed E-state index contributed by atoms with van der Waals surface area (Å²) in [5.41, 5.74) is 9.46. The van der Waals surface area contributed by atoms with Gasteiger partial charge in [-0.05, 0) is 51.2 Å². The van der Waals surface area contributed by atoms with Crippen LogP contribution in [-0.4, -0.2) is 23.3 Å². The molecule has 1 fully saturated rings. The third-order valence-corrected chi connectivity index (χ3v) is 5.27. The van der Waals surface area contributed by atoms with Gasteiger partial charge in [0.1, 0.15) is 0 Å². The number of anilines is 3. The molecule has 128 valence electrons. The average Bonchev–Trinajstić information content (AvgIpc) is 2.57. The Morgan fingerprint density at radius 3 is 2.92 bits per heavy atom. The summed E-state index contributed by atoms with van der Waals surface area (Å²) in [5.74, 6) is 0.110. The third-order valence-electron chi connectivity index (χ3n) is 5.27. The molecule has 1 amide bonds. The van der Waals surface area contributed by atoms with Crippen LogP contribution >= 0.6 is 0 Å². The number of rotatable bonds is 2. The lowest BCUT2D eigenvalue weighted by molar-refractivity contribution is 0.198. The zero-order chi connectivity index (χ0) is 17.3. The first-order chi connectivity index (χ1) is 11.5. The van der Waals surface area contributed by atoms with Crippen LogP contribution in [0.1, 0.15) is 44.6 Å². The Labute approximate surface area is 142 Å². The molecule has 6 heteroatoms. The molecule has 0 radical (unpaired) electrons. The minimum absolute atomic E-state index is 0.0389. The van der Waals surface area contributed by atoms with Gasteiger partial charge in [-0.15, -0.1) is 0 Å². The second-order valence-corrected chi connectivity index (χ2v) is 6.90. The Balaban J connectivity index is 1.85. The van der Waals surface area contributed by atoms with Crippen molar-refractivity contribution in [2.75, 3.05) is 16.0 Å². The molecule has 0 aromatic heterocycles. The number of amides is 1. The van der Waals surface area contributed by atoms with E-state index in [1.165, 1.54) is 4.90 Å². The van der Waals surface area contributed by atoms with Gasteiger partial charge in [-0.1, -0.05) is 6.42 Å². The summed E-state index contributed by atoms with van der Waals surface area (Å²) in [6, 6.07) is 6.30. The maximum absolute atomic E-state index is 11.5. The van der Waals surface area contributed by atoms with Gasteiger partial charge in [0.05, 0.1) is 23.1 Å². The fourth-order valence-corrected chi connectivity index (χ4v) is 3.94. The second kappa shape index (κ2) is 6.60. The Hall–Kier alpha value is -2.42. The van der Waals surface area contributed by atoms with Crippen LogP contribution in [0.3, 0.4) is 0 Å². The molecule has 3 atom stereocenters. The molecule has 1 aromatic rings. The molecule has 1 aromatic carbocycles. The monoisotopic (exact) mass is 328 g/mol. The van der Waals surface area contributed by atoms with Gasteiger partial charge >= 0.3 is 6.09 Å². The summed E-state index contributed by atoms with van der Waals surface area (Å²) in [5, 5.41) is 22.1. The van der Waals surface area contributed by atoms with Gasteiger partial charge in [-0.25, -0.2) is 4.79 Å².